The predicted octanol–water partition coefficient (Wildman–Crippen LogP) is 0.304. The zero-order valence-corrected chi connectivity index (χ0v) is 11.8. The molecule has 1 aromatic rings. The zero-order chi connectivity index (χ0) is 15.5. The van der Waals surface area contributed by atoms with Crippen LogP contribution in [-0.2, 0) is 14.8 Å². The van der Waals surface area contributed by atoms with E-state index in [9.17, 15) is 22.0 Å². The van der Waals surface area contributed by atoms with Crippen molar-refractivity contribution in [3.63, 3.8) is 0 Å². The van der Waals surface area contributed by atoms with Crippen LogP contribution < -0.4 is 10.5 Å². The molecule has 0 radical (unpaired) electrons. The molecule has 0 aliphatic heterocycles. The number of hydrogen-bond donors (Lipinski definition) is 2. The fourth-order valence-corrected chi connectivity index (χ4v) is 2.57. The maximum atomic E-state index is 13.5. The number of carbonyl (C=O) groups excluding carboxylic acids is 1. The van der Waals surface area contributed by atoms with Gasteiger partial charge in [-0.25, -0.2) is 21.9 Å². The Bertz CT molecular complexity index is 594. The van der Waals surface area contributed by atoms with Crippen LogP contribution in [0.4, 0.5) is 14.5 Å². The number of carbonyl (C=O) groups is 1. The monoisotopic (exact) mass is 307 g/mol. The van der Waals surface area contributed by atoms with Gasteiger partial charge in [-0.2, -0.15) is 0 Å². The lowest BCUT2D eigenvalue weighted by atomic mass is 10.3. The number of sulfonamides is 1. The predicted molar refractivity (Wildman–Crippen MR) is 69.3 cm³/mol. The van der Waals surface area contributed by atoms with E-state index >= 15 is 0 Å². The summed E-state index contributed by atoms with van der Waals surface area (Å²) in [6.45, 7) is -0.261. The third-order valence-electron chi connectivity index (χ3n) is 2.42. The van der Waals surface area contributed by atoms with Gasteiger partial charge in [-0.15, -0.1) is 0 Å². The fraction of sp³-hybridized carbons (Fsp3) is 0.364. The highest BCUT2D eigenvalue weighted by atomic mass is 32.2. The number of nitrogens with two attached hydrogens (primary N) is 1. The molecule has 0 fully saturated rings. The second kappa shape index (κ2) is 6.14. The van der Waals surface area contributed by atoms with Gasteiger partial charge in [0, 0.05) is 32.7 Å². The number of rotatable bonds is 5. The number of benzene rings is 1. The van der Waals surface area contributed by atoms with E-state index in [4.69, 9.17) is 5.73 Å². The molecule has 0 atom stereocenters. The Balaban J connectivity index is 2.88. The maximum absolute atomic E-state index is 13.5. The molecule has 0 bridgehead atoms. The Morgan fingerprint density at radius 2 is 1.80 bits per heavy atom. The second-order valence-electron chi connectivity index (χ2n) is 4.25. The first kappa shape index (κ1) is 16.3. The lowest BCUT2D eigenvalue weighted by Gasteiger charge is -2.11. The summed E-state index contributed by atoms with van der Waals surface area (Å²) in [7, 11) is -1.37. The van der Waals surface area contributed by atoms with E-state index in [1.54, 1.807) is 0 Å². The average Bonchev–Trinajstić information content (AvgIpc) is 2.26. The van der Waals surface area contributed by atoms with Gasteiger partial charge in [0.25, 0.3) is 0 Å². The van der Waals surface area contributed by atoms with Crippen molar-refractivity contribution >= 4 is 21.6 Å². The molecule has 1 amide bonds. The molecule has 1 rings (SSSR count). The van der Waals surface area contributed by atoms with Crippen LogP contribution in [0.15, 0.2) is 17.0 Å². The van der Waals surface area contributed by atoms with Crippen LogP contribution >= 0.6 is 0 Å². The molecule has 9 heteroatoms. The number of anilines is 1. The van der Waals surface area contributed by atoms with Gasteiger partial charge in [0.15, 0.2) is 4.90 Å². The summed E-state index contributed by atoms with van der Waals surface area (Å²) in [4.78, 5) is 11.4. The highest BCUT2D eigenvalue weighted by Gasteiger charge is 2.24. The molecule has 20 heavy (non-hydrogen) atoms. The lowest BCUT2D eigenvalue weighted by Crippen LogP contribution is -2.31. The SMILES string of the molecule is CN(C)C(=O)CCNS(=O)(=O)c1c(F)cc(N)cc1F. The summed E-state index contributed by atoms with van der Waals surface area (Å²) in [5.74, 6) is -2.88. The highest BCUT2D eigenvalue weighted by molar-refractivity contribution is 7.89. The summed E-state index contributed by atoms with van der Waals surface area (Å²) in [6, 6.07) is 1.42. The summed E-state index contributed by atoms with van der Waals surface area (Å²) in [6.07, 6.45) is -0.121. The smallest absolute Gasteiger partial charge is 0.246 e. The van der Waals surface area contributed by atoms with Crippen LogP contribution in [0.2, 0.25) is 0 Å². The second-order valence-corrected chi connectivity index (χ2v) is 5.95. The minimum absolute atomic E-state index is 0.121. The maximum Gasteiger partial charge on any atom is 0.246 e. The van der Waals surface area contributed by atoms with E-state index in [2.05, 4.69) is 0 Å². The summed E-state index contributed by atoms with van der Waals surface area (Å²) in [5.41, 5.74) is 4.98. The normalized spacial score (nSPS) is 11.4. The number of halogens is 2. The largest absolute Gasteiger partial charge is 0.399 e. The molecule has 0 heterocycles. The third kappa shape index (κ3) is 3.87. The molecular formula is C11H15F2N3O3S. The van der Waals surface area contributed by atoms with Crippen molar-refractivity contribution in [1.29, 1.82) is 0 Å². The van der Waals surface area contributed by atoms with Gasteiger partial charge in [0.1, 0.15) is 11.6 Å². The van der Waals surface area contributed by atoms with Gasteiger partial charge in [-0.3, -0.25) is 4.79 Å². The molecule has 0 aromatic heterocycles. The molecule has 0 saturated carbocycles. The Morgan fingerprint density at radius 3 is 2.25 bits per heavy atom. The fourth-order valence-electron chi connectivity index (χ4n) is 1.42. The third-order valence-corrected chi connectivity index (χ3v) is 3.93. The van der Waals surface area contributed by atoms with Crippen LogP contribution in [0.5, 0.6) is 0 Å². The van der Waals surface area contributed by atoms with Crippen LogP contribution in [-0.4, -0.2) is 39.9 Å². The molecular weight excluding hydrogens is 292 g/mol. The van der Waals surface area contributed by atoms with Crippen molar-refractivity contribution in [3.05, 3.63) is 23.8 Å². The molecule has 6 nitrogen and oxygen atoms in total. The first-order valence-electron chi connectivity index (χ1n) is 5.59. The standard InChI is InChI=1S/C11H15F2N3O3S/c1-16(2)10(17)3-4-15-20(18,19)11-8(12)5-7(14)6-9(11)13/h5-6,15H,3-4,14H2,1-2H3. The molecule has 3 N–H and O–H groups in total. The molecule has 0 spiro atoms. The minimum atomic E-state index is -4.39. The lowest BCUT2D eigenvalue weighted by molar-refractivity contribution is -0.128. The Hall–Kier alpha value is -1.74. The van der Waals surface area contributed by atoms with E-state index in [0.717, 1.165) is 0 Å². The van der Waals surface area contributed by atoms with Crippen molar-refractivity contribution < 1.29 is 22.0 Å². The average molecular weight is 307 g/mol. The van der Waals surface area contributed by atoms with Gasteiger partial charge in [-0.1, -0.05) is 0 Å². The van der Waals surface area contributed by atoms with E-state index in [-0.39, 0.29) is 24.6 Å². The number of nitrogen functional groups attached to an aromatic ring is 1. The molecule has 1 aromatic carbocycles. The molecule has 0 aliphatic carbocycles. The topological polar surface area (TPSA) is 92.5 Å². The number of hydrogen-bond acceptors (Lipinski definition) is 4. The Kier molecular flexibility index (Phi) is 5.01. The van der Waals surface area contributed by atoms with Gasteiger partial charge in [-0.05, 0) is 12.1 Å². The highest BCUT2D eigenvalue weighted by Crippen LogP contribution is 2.21. The van der Waals surface area contributed by atoms with Crippen LogP contribution in [0, 0.1) is 11.6 Å². The minimum Gasteiger partial charge on any atom is -0.399 e. The van der Waals surface area contributed by atoms with Crippen LogP contribution in [0.3, 0.4) is 0 Å². The van der Waals surface area contributed by atoms with E-state index < -0.39 is 26.6 Å². The number of nitrogens with zero attached hydrogens (tertiary/aromatic N) is 1. The molecule has 0 unspecified atom stereocenters. The first-order valence-corrected chi connectivity index (χ1v) is 7.08. The van der Waals surface area contributed by atoms with Crippen molar-refractivity contribution in [3.8, 4) is 0 Å². The van der Waals surface area contributed by atoms with E-state index in [0.29, 0.717) is 12.1 Å². The molecule has 0 aliphatic rings. The number of nitrogens with one attached hydrogen (secondary N) is 1. The van der Waals surface area contributed by atoms with Crippen molar-refractivity contribution in [1.82, 2.24) is 9.62 Å². The molecule has 112 valence electrons. The van der Waals surface area contributed by atoms with Gasteiger partial charge < -0.3 is 10.6 Å². The summed E-state index contributed by atoms with van der Waals surface area (Å²) in [5, 5.41) is 0. The Morgan fingerprint density at radius 1 is 1.30 bits per heavy atom. The van der Waals surface area contributed by atoms with Gasteiger partial charge >= 0.3 is 0 Å². The van der Waals surface area contributed by atoms with E-state index in [1.807, 2.05) is 4.72 Å². The zero-order valence-electron chi connectivity index (χ0n) is 11.0. The quantitative estimate of drug-likeness (QED) is 0.765. The summed E-state index contributed by atoms with van der Waals surface area (Å²) < 4.78 is 52.5. The van der Waals surface area contributed by atoms with Gasteiger partial charge in [0.05, 0.1) is 0 Å². The first-order chi connectivity index (χ1) is 9.15. The van der Waals surface area contributed by atoms with Crippen LogP contribution in [0.1, 0.15) is 6.42 Å². The summed E-state index contributed by atoms with van der Waals surface area (Å²) >= 11 is 0. The van der Waals surface area contributed by atoms with Crippen molar-refractivity contribution in [2.45, 2.75) is 11.3 Å². The van der Waals surface area contributed by atoms with Crippen LogP contribution in [0.25, 0.3) is 0 Å². The number of amides is 1. The van der Waals surface area contributed by atoms with Crippen molar-refractivity contribution in [2.75, 3.05) is 26.4 Å². The van der Waals surface area contributed by atoms with Crippen molar-refractivity contribution in [2.24, 2.45) is 0 Å². The Labute approximate surface area is 115 Å². The van der Waals surface area contributed by atoms with Gasteiger partial charge in [0.2, 0.25) is 15.9 Å². The van der Waals surface area contributed by atoms with E-state index in [1.165, 1.54) is 19.0 Å². The molecule has 0 saturated heterocycles.